The summed E-state index contributed by atoms with van der Waals surface area (Å²) in [7, 11) is 0. The Morgan fingerprint density at radius 1 is 1.00 bits per heavy atom. The van der Waals surface area contributed by atoms with Gasteiger partial charge in [-0.2, -0.15) is 0 Å². The molecule has 3 aromatic rings. The molecule has 0 amide bonds. The lowest BCUT2D eigenvalue weighted by molar-refractivity contribution is 0.529. The minimum atomic E-state index is 0.390. The highest BCUT2D eigenvalue weighted by molar-refractivity contribution is 5.57. The first kappa shape index (κ1) is 14.8. The van der Waals surface area contributed by atoms with Crippen LogP contribution in [0.2, 0.25) is 0 Å². The Balaban J connectivity index is 1.61. The van der Waals surface area contributed by atoms with E-state index in [1.165, 1.54) is 0 Å². The van der Waals surface area contributed by atoms with E-state index in [0.717, 1.165) is 48.5 Å². The molecule has 0 N–H and O–H groups in total. The summed E-state index contributed by atoms with van der Waals surface area (Å²) in [4.78, 5) is 11.4. The van der Waals surface area contributed by atoms with E-state index in [-0.39, 0.29) is 0 Å². The summed E-state index contributed by atoms with van der Waals surface area (Å²) in [5.74, 6) is 4.15. The molecule has 0 fully saturated rings. The van der Waals surface area contributed by atoms with E-state index in [1.807, 2.05) is 42.6 Å². The molecule has 0 atom stereocenters. The predicted molar refractivity (Wildman–Crippen MR) is 92.6 cm³/mol. The average molecular weight is 320 g/mol. The van der Waals surface area contributed by atoms with Crippen LogP contribution in [0.25, 0.3) is 11.4 Å². The van der Waals surface area contributed by atoms with E-state index in [4.69, 9.17) is 4.98 Å². The van der Waals surface area contributed by atoms with Crippen molar-refractivity contribution in [2.75, 3.05) is 11.4 Å². The molecule has 6 heteroatoms. The van der Waals surface area contributed by atoms with Crippen molar-refractivity contribution in [1.82, 2.24) is 24.7 Å². The highest BCUT2D eigenvalue weighted by atomic mass is 15.4. The molecule has 4 rings (SSSR count). The summed E-state index contributed by atoms with van der Waals surface area (Å²) in [6.45, 7) is 6.82. The second-order valence-electron chi connectivity index (χ2n) is 6.31. The molecule has 0 aliphatic carbocycles. The van der Waals surface area contributed by atoms with Crippen molar-refractivity contribution in [3.8, 4) is 11.4 Å². The van der Waals surface area contributed by atoms with Crippen LogP contribution in [0.15, 0.2) is 42.6 Å². The van der Waals surface area contributed by atoms with Gasteiger partial charge in [0.2, 0.25) is 0 Å². The Bertz CT molecular complexity index is 840. The van der Waals surface area contributed by atoms with E-state index in [1.54, 1.807) is 0 Å². The third-order valence-electron chi connectivity index (χ3n) is 4.30. The van der Waals surface area contributed by atoms with Crippen LogP contribution in [0.4, 0.5) is 5.82 Å². The van der Waals surface area contributed by atoms with E-state index < -0.39 is 0 Å². The largest absolute Gasteiger partial charge is 0.347 e. The van der Waals surface area contributed by atoms with Crippen LogP contribution in [0, 0.1) is 0 Å². The van der Waals surface area contributed by atoms with Crippen LogP contribution in [-0.4, -0.2) is 31.3 Å². The summed E-state index contributed by atoms with van der Waals surface area (Å²) in [5, 5.41) is 8.71. The van der Waals surface area contributed by atoms with Crippen molar-refractivity contribution in [3.63, 3.8) is 0 Å². The zero-order chi connectivity index (χ0) is 16.5. The van der Waals surface area contributed by atoms with Gasteiger partial charge in [0.25, 0.3) is 0 Å². The number of fused-ring (bicyclic) bond motifs is 1. The van der Waals surface area contributed by atoms with Crippen molar-refractivity contribution in [2.45, 2.75) is 32.9 Å². The van der Waals surface area contributed by atoms with E-state index >= 15 is 0 Å². The normalized spacial score (nSPS) is 14.0. The quantitative estimate of drug-likeness (QED) is 0.742. The molecular weight excluding hydrogens is 300 g/mol. The predicted octanol–water partition coefficient (Wildman–Crippen LogP) is 2.88. The second kappa shape index (κ2) is 6.03. The molecule has 0 bridgehead atoms. The summed E-state index contributed by atoms with van der Waals surface area (Å²) in [6, 6.07) is 12.0. The fourth-order valence-electron chi connectivity index (χ4n) is 3.05. The molecule has 0 radical (unpaired) electrons. The SMILES string of the molecule is CC(C)c1nnc2n1CCN(c1ccnc(-c3ccccc3)n1)C2. The van der Waals surface area contributed by atoms with E-state index in [2.05, 4.69) is 38.5 Å². The standard InChI is InChI=1S/C18H20N6/c1-13(2)18-22-21-16-12-23(10-11-24(16)18)15-8-9-19-17(20-15)14-6-4-3-5-7-14/h3-9,13H,10-12H2,1-2H3. The zero-order valence-corrected chi connectivity index (χ0v) is 13.9. The third-order valence-corrected chi connectivity index (χ3v) is 4.30. The molecule has 122 valence electrons. The number of nitrogens with zero attached hydrogens (tertiary/aromatic N) is 6. The summed E-state index contributed by atoms with van der Waals surface area (Å²) >= 11 is 0. The molecule has 1 aromatic carbocycles. The van der Waals surface area contributed by atoms with Crippen molar-refractivity contribution in [2.24, 2.45) is 0 Å². The number of hydrogen-bond acceptors (Lipinski definition) is 5. The van der Waals surface area contributed by atoms with Gasteiger partial charge in [-0.15, -0.1) is 10.2 Å². The smallest absolute Gasteiger partial charge is 0.161 e. The van der Waals surface area contributed by atoms with Crippen LogP contribution >= 0.6 is 0 Å². The highest BCUT2D eigenvalue weighted by Crippen LogP contribution is 2.23. The number of aromatic nitrogens is 5. The van der Waals surface area contributed by atoms with Gasteiger partial charge >= 0.3 is 0 Å². The van der Waals surface area contributed by atoms with Gasteiger partial charge in [0.05, 0.1) is 6.54 Å². The number of anilines is 1. The highest BCUT2D eigenvalue weighted by Gasteiger charge is 2.23. The Morgan fingerprint density at radius 3 is 2.62 bits per heavy atom. The minimum absolute atomic E-state index is 0.390. The number of rotatable bonds is 3. The average Bonchev–Trinajstić information content (AvgIpc) is 3.06. The molecule has 0 spiro atoms. The van der Waals surface area contributed by atoms with Crippen LogP contribution in [0.1, 0.15) is 31.4 Å². The fraction of sp³-hybridized carbons (Fsp3) is 0.333. The zero-order valence-electron chi connectivity index (χ0n) is 13.9. The van der Waals surface area contributed by atoms with Gasteiger partial charge < -0.3 is 9.47 Å². The van der Waals surface area contributed by atoms with Crippen molar-refractivity contribution >= 4 is 5.82 Å². The molecular formula is C18H20N6. The lowest BCUT2D eigenvalue weighted by atomic mass is 10.2. The molecule has 6 nitrogen and oxygen atoms in total. The van der Waals surface area contributed by atoms with Gasteiger partial charge in [0.1, 0.15) is 11.6 Å². The Kier molecular flexibility index (Phi) is 3.72. The lowest BCUT2D eigenvalue weighted by Crippen LogP contribution is -2.35. The number of hydrogen-bond donors (Lipinski definition) is 0. The molecule has 0 saturated heterocycles. The topological polar surface area (TPSA) is 59.7 Å². The molecule has 24 heavy (non-hydrogen) atoms. The minimum Gasteiger partial charge on any atom is -0.347 e. The fourth-order valence-corrected chi connectivity index (χ4v) is 3.05. The van der Waals surface area contributed by atoms with Gasteiger partial charge in [-0.1, -0.05) is 44.2 Å². The van der Waals surface area contributed by atoms with Crippen molar-refractivity contribution < 1.29 is 0 Å². The van der Waals surface area contributed by atoms with Crippen LogP contribution in [-0.2, 0) is 13.1 Å². The first-order valence-electron chi connectivity index (χ1n) is 8.28. The van der Waals surface area contributed by atoms with E-state index in [9.17, 15) is 0 Å². The van der Waals surface area contributed by atoms with Crippen LogP contribution in [0.5, 0.6) is 0 Å². The maximum atomic E-state index is 4.74. The third kappa shape index (κ3) is 2.64. The maximum absolute atomic E-state index is 4.74. The molecule has 3 heterocycles. The Labute approximate surface area is 141 Å². The van der Waals surface area contributed by atoms with Gasteiger partial charge in [-0.25, -0.2) is 9.97 Å². The van der Waals surface area contributed by atoms with Gasteiger partial charge in [0, 0.05) is 30.8 Å². The molecule has 0 unspecified atom stereocenters. The summed E-state index contributed by atoms with van der Waals surface area (Å²) in [6.07, 6.45) is 1.82. The first-order chi connectivity index (χ1) is 11.7. The molecule has 1 aliphatic rings. The molecule has 1 aliphatic heterocycles. The van der Waals surface area contributed by atoms with Crippen molar-refractivity contribution in [3.05, 3.63) is 54.2 Å². The van der Waals surface area contributed by atoms with Crippen molar-refractivity contribution in [1.29, 1.82) is 0 Å². The van der Waals surface area contributed by atoms with Gasteiger partial charge in [-0.05, 0) is 6.07 Å². The first-order valence-corrected chi connectivity index (χ1v) is 8.28. The monoisotopic (exact) mass is 320 g/mol. The summed E-state index contributed by atoms with van der Waals surface area (Å²) in [5.41, 5.74) is 1.03. The number of benzene rings is 1. The van der Waals surface area contributed by atoms with E-state index in [0.29, 0.717) is 5.92 Å². The molecule has 2 aromatic heterocycles. The molecule has 0 saturated carbocycles. The summed E-state index contributed by atoms with van der Waals surface area (Å²) < 4.78 is 2.24. The van der Waals surface area contributed by atoms with Gasteiger partial charge in [-0.3, -0.25) is 0 Å². The van der Waals surface area contributed by atoms with Crippen LogP contribution < -0.4 is 4.90 Å². The Hall–Kier alpha value is -2.76. The Morgan fingerprint density at radius 2 is 1.83 bits per heavy atom. The lowest BCUT2D eigenvalue weighted by Gasteiger charge is -2.29. The van der Waals surface area contributed by atoms with Gasteiger partial charge in [0.15, 0.2) is 11.6 Å². The maximum Gasteiger partial charge on any atom is 0.161 e. The van der Waals surface area contributed by atoms with Crippen LogP contribution in [0.3, 0.4) is 0 Å². The second-order valence-corrected chi connectivity index (χ2v) is 6.31.